The van der Waals surface area contributed by atoms with Crippen molar-refractivity contribution in [3.05, 3.63) is 47.5 Å². The van der Waals surface area contributed by atoms with Crippen LogP contribution in [0.2, 0.25) is 0 Å². The first-order chi connectivity index (χ1) is 8.20. The molecule has 0 aliphatic heterocycles. The van der Waals surface area contributed by atoms with Gasteiger partial charge in [0.1, 0.15) is 5.82 Å². The summed E-state index contributed by atoms with van der Waals surface area (Å²) < 4.78 is 15.2. The van der Waals surface area contributed by atoms with Gasteiger partial charge < -0.3 is 5.32 Å². The topological polar surface area (TPSA) is 29.9 Å². The van der Waals surface area contributed by atoms with Crippen molar-refractivity contribution in [2.45, 2.75) is 19.9 Å². The Labute approximate surface area is 100 Å². The van der Waals surface area contributed by atoms with Crippen molar-refractivity contribution in [3.8, 4) is 0 Å². The highest BCUT2D eigenvalue weighted by Gasteiger charge is 2.06. The highest BCUT2D eigenvalue weighted by Crippen LogP contribution is 2.16. The van der Waals surface area contributed by atoms with Gasteiger partial charge in [-0.25, -0.2) is 4.39 Å². The standard InChI is InChI=1S/C13H16FN3/c1-3-12-13(9-17(2)16-12)15-8-10-6-4-5-7-11(10)14/h4-7,9,15H,3,8H2,1-2H3. The summed E-state index contributed by atoms with van der Waals surface area (Å²) in [5, 5.41) is 7.54. The van der Waals surface area contributed by atoms with E-state index in [4.69, 9.17) is 0 Å². The van der Waals surface area contributed by atoms with Gasteiger partial charge in [-0.05, 0) is 12.5 Å². The van der Waals surface area contributed by atoms with E-state index in [9.17, 15) is 4.39 Å². The van der Waals surface area contributed by atoms with Gasteiger partial charge in [0.2, 0.25) is 0 Å². The van der Waals surface area contributed by atoms with Crippen LogP contribution in [0.1, 0.15) is 18.2 Å². The van der Waals surface area contributed by atoms with E-state index in [1.807, 2.05) is 19.3 Å². The molecule has 0 saturated carbocycles. The molecule has 2 aromatic rings. The smallest absolute Gasteiger partial charge is 0.128 e. The van der Waals surface area contributed by atoms with Gasteiger partial charge in [0.15, 0.2) is 0 Å². The third-order valence-electron chi connectivity index (χ3n) is 2.67. The average Bonchev–Trinajstić information content (AvgIpc) is 2.69. The second-order valence-electron chi connectivity index (χ2n) is 3.96. The second kappa shape index (κ2) is 4.99. The first-order valence-electron chi connectivity index (χ1n) is 5.70. The minimum Gasteiger partial charge on any atom is -0.378 e. The average molecular weight is 233 g/mol. The van der Waals surface area contributed by atoms with Crippen molar-refractivity contribution >= 4 is 5.69 Å². The molecule has 0 fully saturated rings. The minimum absolute atomic E-state index is 0.179. The number of halogens is 1. The van der Waals surface area contributed by atoms with E-state index in [0.717, 1.165) is 17.8 Å². The number of hydrogen-bond donors (Lipinski definition) is 1. The molecule has 0 atom stereocenters. The molecular formula is C13H16FN3. The Balaban J connectivity index is 2.09. The number of rotatable bonds is 4. The maximum atomic E-state index is 13.4. The molecule has 0 radical (unpaired) electrons. The van der Waals surface area contributed by atoms with Crippen molar-refractivity contribution in [3.63, 3.8) is 0 Å². The summed E-state index contributed by atoms with van der Waals surface area (Å²) in [5.41, 5.74) is 2.64. The van der Waals surface area contributed by atoms with E-state index in [2.05, 4.69) is 17.3 Å². The quantitative estimate of drug-likeness (QED) is 0.880. The largest absolute Gasteiger partial charge is 0.378 e. The fourth-order valence-electron chi connectivity index (χ4n) is 1.78. The molecule has 90 valence electrons. The van der Waals surface area contributed by atoms with Crippen LogP contribution >= 0.6 is 0 Å². The maximum Gasteiger partial charge on any atom is 0.128 e. The molecule has 0 bridgehead atoms. The normalized spacial score (nSPS) is 10.5. The lowest BCUT2D eigenvalue weighted by molar-refractivity contribution is 0.613. The summed E-state index contributed by atoms with van der Waals surface area (Å²) in [7, 11) is 1.88. The van der Waals surface area contributed by atoms with Crippen molar-refractivity contribution in [2.75, 3.05) is 5.32 Å². The number of aromatic nitrogens is 2. The number of hydrogen-bond acceptors (Lipinski definition) is 2. The molecule has 1 aromatic heterocycles. The van der Waals surface area contributed by atoms with E-state index in [1.165, 1.54) is 6.07 Å². The Kier molecular flexibility index (Phi) is 3.42. The molecule has 0 amide bonds. The third-order valence-corrected chi connectivity index (χ3v) is 2.67. The minimum atomic E-state index is -0.179. The van der Waals surface area contributed by atoms with E-state index in [1.54, 1.807) is 16.8 Å². The Morgan fingerprint density at radius 3 is 2.82 bits per heavy atom. The number of nitrogens with zero attached hydrogens (tertiary/aromatic N) is 2. The van der Waals surface area contributed by atoms with Crippen LogP contribution in [0, 0.1) is 5.82 Å². The van der Waals surface area contributed by atoms with Crippen molar-refractivity contribution < 1.29 is 4.39 Å². The van der Waals surface area contributed by atoms with Crippen LogP contribution in [-0.2, 0) is 20.0 Å². The molecule has 17 heavy (non-hydrogen) atoms. The summed E-state index contributed by atoms with van der Waals surface area (Å²) in [6, 6.07) is 6.79. The van der Waals surface area contributed by atoms with E-state index < -0.39 is 0 Å². The SMILES string of the molecule is CCc1nn(C)cc1NCc1ccccc1F. The molecule has 0 unspecified atom stereocenters. The van der Waals surface area contributed by atoms with Crippen LogP contribution in [-0.4, -0.2) is 9.78 Å². The molecule has 0 spiro atoms. The lowest BCUT2D eigenvalue weighted by atomic mass is 10.2. The van der Waals surface area contributed by atoms with E-state index in [0.29, 0.717) is 12.1 Å². The van der Waals surface area contributed by atoms with Crippen LogP contribution in [0.4, 0.5) is 10.1 Å². The summed E-state index contributed by atoms with van der Waals surface area (Å²) in [6.45, 7) is 2.53. The monoisotopic (exact) mass is 233 g/mol. The molecule has 2 rings (SSSR count). The third kappa shape index (κ3) is 2.64. The number of benzene rings is 1. The van der Waals surface area contributed by atoms with Crippen molar-refractivity contribution in [1.29, 1.82) is 0 Å². The molecular weight excluding hydrogens is 217 g/mol. The van der Waals surface area contributed by atoms with Crippen molar-refractivity contribution in [2.24, 2.45) is 7.05 Å². The zero-order valence-corrected chi connectivity index (χ0v) is 10.1. The highest BCUT2D eigenvalue weighted by atomic mass is 19.1. The van der Waals surface area contributed by atoms with Gasteiger partial charge in [-0.15, -0.1) is 0 Å². The van der Waals surface area contributed by atoms with E-state index in [-0.39, 0.29) is 5.82 Å². The van der Waals surface area contributed by atoms with Gasteiger partial charge in [0, 0.05) is 25.4 Å². The van der Waals surface area contributed by atoms with Gasteiger partial charge in [0.05, 0.1) is 11.4 Å². The summed E-state index contributed by atoms with van der Waals surface area (Å²) in [6.07, 6.45) is 2.78. The van der Waals surface area contributed by atoms with Crippen LogP contribution in [0.15, 0.2) is 30.5 Å². The first-order valence-corrected chi connectivity index (χ1v) is 5.70. The summed E-state index contributed by atoms with van der Waals surface area (Å²) in [4.78, 5) is 0. The lowest BCUT2D eigenvalue weighted by Gasteiger charge is -2.06. The van der Waals surface area contributed by atoms with E-state index >= 15 is 0 Å². The Bertz CT molecular complexity index is 505. The lowest BCUT2D eigenvalue weighted by Crippen LogP contribution is -2.02. The molecule has 3 nitrogen and oxygen atoms in total. The molecule has 4 heteroatoms. The van der Waals surface area contributed by atoms with Crippen molar-refractivity contribution in [1.82, 2.24) is 9.78 Å². The molecule has 0 aliphatic carbocycles. The number of anilines is 1. The molecule has 1 N–H and O–H groups in total. The Morgan fingerprint density at radius 2 is 2.12 bits per heavy atom. The fraction of sp³-hybridized carbons (Fsp3) is 0.308. The maximum absolute atomic E-state index is 13.4. The van der Waals surface area contributed by atoms with Crippen LogP contribution in [0.25, 0.3) is 0 Å². The van der Waals surface area contributed by atoms with Crippen LogP contribution in [0.3, 0.4) is 0 Å². The molecule has 1 heterocycles. The number of nitrogens with one attached hydrogen (secondary N) is 1. The highest BCUT2D eigenvalue weighted by molar-refractivity contribution is 5.46. The van der Waals surface area contributed by atoms with Gasteiger partial charge in [-0.2, -0.15) is 5.10 Å². The van der Waals surface area contributed by atoms with Gasteiger partial charge in [0.25, 0.3) is 0 Å². The zero-order valence-electron chi connectivity index (χ0n) is 10.1. The Morgan fingerprint density at radius 1 is 1.35 bits per heavy atom. The zero-order chi connectivity index (χ0) is 12.3. The molecule has 1 aromatic carbocycles. The molecule has 0 aliphatic rings. The van der Waals surface area contributed by atoms with Gasteiger partial charge in [-0.3, -0.25) is 4.68 Å². The summed E-state index contributed by atoms with van der Waals surface area (Å²) in [5.74, 6) is -0.179. The fourth-order valence-corrected chi connectivity index (χ4v) is 1.78. The predicted molar refractivity (Wildman–Crippen MR) is 66.3 cm³/mol. The first kappa shape index (κ1) is 11.6. The van der Waals surface area contributed by atoms with Gasteiger partial charge >= 0.3 is 0 Å². The second-order valence-corrected chi connectivity index (χ2v) is 3.96. The molecule has 0 saturated heterocycles. The Hall–Kier alpha value is -1.84. The van der Waals surface area contributed by atoms with Gasteiger partial charge in [-0.1, -0.05) is 25.1 Å². The van der Waals surface area contributed by atoms with Crippen LogP contribution in [0.5, 0.6) is 0 Å². The van der Waals surface area contributed by atoms with Crippen LogP contribution < -0.4 is 5.32 Å². The summed E-state index contributed by atoms with van der Waals surface area (Å²) >= 11 is 0. The predicted octanol–water partition coefficient (Wildman–Crippen LogP) is 2.73. The number of aryl methyl sites for hydroxylation is 2.